The minimum absolute atomic E-state index is 0.247. The van der Waals surface area contributed by atoms with E-state index in [0.717, 1.165) is 50.1 Å². The number of benzene rings is 2. The van der Waals surface area contributed by atoms with Gasteiger partial charge in [-0.25, -0.2) is 0 Å². The molecule has 120 valence electrons. The molecule has 0 aromatic heterocycles. The number of fused-ring (bicyclic) bond motifs is 3. The molecular weight excluding hydrogens is 286 g/mol. The quantitative estimate of drug-likeness (QED) is 0.815. The highest BCUT2D eigenvalue weighted by molar-refractivity contribution is 6.10. The normalized spacial score (nSPS) is 18.8. The second kappa shape index (κ2) is 6.42. The smallest absolute Gasteiger partial charge is 0.177 e. The predicted molar refractivity (Wildman–Crippen MR) is 92.2 cm³/mol. The van der Waals surface area contributed by atoms with E-state index < -0.39 is 0 Å². The van der Waals surface area contributed by atoms with Crippen LogP contribution in [0.2, 0.25) is 0 Å². The van der Waals surface area contributed by atoms with E-state index in [0.29, 0.717) is 6.54 Å². The molecule has 0 radical (unpaired) electrons. The van der Waals surface area contributed by atoms with E-state index in [-0.39, 0.29) is 5.78 Å². The summed E-state index contributed by atoms with van der Waals surface area (Å²) in [6.45, 7) is 3.69. The Kier molecular flexibility index (Phi) is 4.15. The third-order valence-electron chi connectivity index (χ3n) is 5.14. The molecule has 1 aliphatic heterocycles. The maximum atomic E-state index is 12.9. The minimum Gasteiger partial charge on any atom is -0.379 e. The molecule has 1 saturated heterocycles. The van der Waals surface area contributed by atoms with Crippen molar-refractivity contribution in [3.8, 4) is 0 Å². The van der Waals surface area contributed by atoms with Gasteiger partial charge in [0, 0.05) is 18.7 Å². The molecule has 0 spiro atoms. The minimum atomic E-state index is 0.247. The number of hydrogen-bond acceptors (Lipinski definition) is 3. The number of hydrogen-bond donors (Lipinski definition) is 0. The van der Waals surface area contributed by atoms with Crippen molar-refractivity contribution in [2.75, 3.05) is 32.8 Å². The third-order valence-corrected chi connectivity index (χ3v) is 5.14. The fraction of sp³-hybridized carbons (Fsp3) is 0.450. The van der Waals surface area contributed by atoms with Gasteiger partial charge >= 0.3 is 0 Å². The molecule has 0 bridgehead atoms. The van der Waals surface area contributed by atoms with Crippen molar-refractivity contribution in [1.82, 2.24) is 4.90 Å². The van der Waals surface area contributed by atoms with Crippen molar-refractivity contribution >= 4 is 16.6 Å². The molecule has 0 unspecified atom stereocenters. The maximum absolute atomic E-state index is 12.9. The van der Waals surface area contributed by atoms with Crippen LogP contribution in [0.4, 0.5) is 0 Å². The lowest BCUT2D eigenvalue weighted by Gasteiger charge is -2.26. The molecular formula is C20H23NO2. The summed E-state index contributed by atoms with van der Waals surface area (Å²) in [4.78, 5) is 15.1. The largest absolute Gasteiger partial charge is 0.379 e. The Bertz CT molecular complexity index is 732. The van der Waals surface area contributed by atoms with E-state index in [2.05, 4.69) is 29.2 Å². The number of Topliss-reactive ketones (excluding diaryl/α,β-unsaturated/α-hetero) is 1. The first-order valence-corrected chi connectivity index (χ1v) is 8.70. The number of aryl methyl sites for hydroxylation is 2. The molecule has 3 heteroatoms. The van der Waals surface area contributed by atoms with Gasteiger partial charge in [0.05, 0.1) is 19.8 Å². The number of carbonyl (C=O) groups is 1. The topological polar surface area (TPSA) is 29.5 Å². The van der Waals surface area contributed by atoms with Crippen LogP contribution in [0, 0.1) is 0 Å². The van der Waals surface area contributed by atoms with Gasteiger partial charge in [0.1, 0.15) is 0 Å². The maximum Gasteiger partial charge on any atom is 0.177 e. The van der Waals surface area contributed by atoms with Gasteiger partial charge in [-0.15, -0.1) is 0 Å². The molecule has 3 nitrogen and oxygen atoms in total. The van der Waals surface area contributed by atoms with Gasteiger partial charge < -0.3 is 4.74 Å². The summed E-state index contributed by atoms with van der Waals surface area (Å²) >= 11 is 0. The van der Waals surface area contributed by atoms with Crippen LogP contribution in [0.25, 0.3) is 10.8 Å². The molecule has 0 saturated carbocycles. The van der Waals surface area contributed by atoms with Crippen molar-refractivity contribution in [1.29, 1.82) is 0 Å². The van der Waals surface area contributed by atoms with Crippen molar-refractivity contribution in [3.63, 3.8) is 0 Å². The average Bonchev–Trinajstić information content (AvgIpc) is 2.62. The number of nitrogens with zero attached hydrogens (tertiary/aromatic N) is 1. The van der Waals surface area contributed by atoms with Crippen LogP contribution in [-0.4, -0.2) is 43.5 Å². The van der Waals surface area contributed by atoms with Crippen LogP contribution >= 0.6 is 0 Å². The van der Waals surface area contributed by atoms with Crippen molar-refractivity contribution < 1.29 is 9.53 Å². The SMILES string of the molecule is O=C(CN1CCOCC1)c1cc2c(c3ccccc13)CCCC2. The summed E-state index contributed by atoms with van der Waals surface area (Å²) in [5.74, 6) is 0.247. The molecule has 0 atom stereocenters. The molecule has 23 heavy (non-hydrogen) atoms. The van der Waals surface area contributed by atoms with E-state index >= 15 is 0 Å². The highest BCUT2D eigenvalue weighted by Crippen LogP contribution is 2.32. The lowest BCUT2D eigenvalue weighted by molar-refractivity contribution is 0.0371. The Hall–Kier alpha value is -1.71. The van der Waals surface area contributed by atoms with E-state index in [1.54, 1.807) is 0 Å². The van der Waals surface area contributed by atoms with E-state index in [1.807, 2.05) is 6.07 Å². The summed E-state index contributed by atoms with van der Waals surface area (Å²) in [7, 11) is 0. The summed E-state index contributed by atoms with van der Waals surface area (Å²) in [5, 5.41) is 2.42. The Morgan fingerprint density at radius 2 is 1.78 bits per heavy atom. The van der Waals surface area contributed by atoms with Crippen molar-refractivity contribution in [2.45, 2.75) is 25.7 Å². The van der Waals surface area contributed by atoms with Gasteiger partial charge in [-0.05, 0) is 53.6 Å². The molecule has 1 aliphatic carbocycles. The number of ether oxygens (including phenoxy) is 1. The Labute approximate surface area is 137 Å². The summed E-state index contributed by atoms with van der Waals surface area (Å²) < 4.78 is 5.38. The summed E-state index contributed by atoms with van der Waals surface area (Å²) in [6, 6.07) is 10.6. The van der Waals surface area contributed by atoms with E-state index in [9.17, 15) is 4.79 Å². The molecule has 1 heterocycles. The van der Waals surface area contributed by atoms with Gasteiger partial charge in [-0.2, -0.15) is 0 Å². The van der Waals surface area contributed by atoms with Crippen LogP contribution in [0.1, 0.15) is 34.3 Å². The first-order chi connectivity index (χ1) is 11.3. The standard InChI is InChI=1S/C20H23NO2/c22-20(14-21-9-11-23-12-10-21)19-13-15-5-1-2-6-16(15)17-7-3-4-8-18(17)19/h3-4,7-8,13H,1-2,5-6,9-12,14H2. The van der Waals surface area contributed by atoms with Gasteiger partial charge in [0.2, 0.25) is 0 Å². The summed E-state index contributed by atoms with van der Waals surface area (Å²) in [5.41, 5.74) is 3.77. The zero-order valence-electron chi connectivity index (χ0n) is 13.5. The zero-order valence-corrected chi connectivity index (χ0v) is 13.5. The van der Waals surface area contributed by atoms with Gasteiger partial charge in [-0.3, -0.25) is 9.69 Å². The molecule has 2 aromatic carbocycles. The molecule has 2 aromatic rings. The van der Waals surface area contributed by atoms with Gasteiger partial charge in [0.15, 0.2) is 5.78 Å². The number of morpholine rings is 1. The van der Waals surface area contributed by atoms with Crippen LogP contribution in [0.3, 0.4) is 0 Å². The molecule has 1 fully saturated rings. The molecule has 0 amide bonds. The predicted octanol–water partition coefficient (Wildman–Crippen LogP) is 3.23. The van der Waals surface area contributed by atoms with E-state index in [1.165, 1.54) is 29.4 Å². The van der Waals surface area contributed by atoms with Gasteiger partial charge in [-0.1, -0.05) is 24.3 Å². The third kappa shape index (κ3) is 2.91. The fourth-order valence-corrected chi connectivity index (χ4v) is 3.91. The summed E-state index contributed by atoms with van der Waals surface area (Å²) in [6.07, 6.45) is 4.76. The Morgan fingerprint density at radius 3 is 2.61 bits per heavy atom. The number of carbonyl (C=O) groups excluding carboxylic acids is 1. The lowest BCUT2D eigenvalue weighted by atomic mass is 9.85. The second-order valence-electron chi connectivity index (χ2n) is 6.63. The number of ketones is 1. The molecule has 4 rings (SSSR count). The lowest BCUT2D eigenvalue weighted by Crippen LogP contribution is -2.39. The average molecular weight is 309 g/mol. The van der Waals surface area contributed by atoms with Crippen LogP contribution in [0.15, 0.2) is 30.3 Å². The first-order valence-electron chi connectivity index (χ1n) is 8.70. The fourth-order valence-electron chi connectivity index (χ4n) is 3.91. The Morgan fingerprint density at radius 1 is 1.04 bits per heavy atom. The second-order valence-corrected chi connectivity index (χ2v) is 6.63. The first kappa shape index (κ1) is 14.9. The van der Waals surface area contributed by atoms with Crippen LogP contribution < -0.4 is 0 Å². The van der Waals surface area contributed by atoms with Crippen molar-refractivity contribution in [2.24, 2.45) is 0 Å². The Balaban J connectivity index is 1.72. The van der Waals surface area contributed by atoms with Gasteiger partial charge in [0.25, 0.3) is 0 Å². The number of rotatable bonds is 3. The highest BCUT2D eigenvalue weighted by atomic mass is 16.5. The van der Waals surface area contributed by atoms with E-state index in [4.69, 9.17) is 4.74 Å². The van der Waals surface area contributed by atoms with Crippen molar-refractivity contribution in [3.05, 3.63) is 47.0 Å². The zero-order chi connectivity index (χ0) is 15.6. The monoisotopic (exact) mass is 309 g/mol. The molecule has 2 aliphatic rings. The molecule has 0 N–H and O–H groups in total. The van der Waals surface area contributed by atoms with Crippen LogP contribution in [-0.2, 0) is 17.6 Å². The highest BCUT2D eigenvalue weighted by Gasteiger charge is 2.21. The van der Waals surface area contributed by atoms with Crippen LogP contribution in [0.5, 0.6) is 0 Å².